The molecule has 106 valence electrons. The summed E-state index contributed by atoms with van der Waals surface area (Å²) < 4.78 is 10.5. The molecule has 0 fully saturated rings. The minimum absolute atomic E-state index is 0.107. The molecule has 2 aromatic carbocycles. The number of hydrogen-bond acceptors (Lipinski definition) is 3. The zero-order valence-electron chi connectivity index (χ0n) is 11.8. The maximum Gasteiger partial charge on any atom is 0.317 e. The Hall–Kier alpha value is -2.73. The standard InChI is InChI=1S/C18H16O3/c1-2-20-18(19)10-6-7-15-11-13-17(14-12-15)21-16-8-4-3-5-9-16/h3-5,8-9,11-14H,2,10H2,1H3. The second-order valence-electron chi connectivity index (χ2n) is 4.22. The fourth-order valence-corrected chi connectivity index (χ4v) is 1.66. The van der Waals surface area contributed by atoms with Crippen molar-refractivity contribution in [2.45, 2.75) is 13.3 Å². The minimum Gasteiger partial charge on any atom is -0.465 e. The van der Waals surface area contributed by atoms with E-state index in [1.54, 1.807) is 6.92 Å². The van der Waals surface area contributed by atoms with Gasteiger partial charge in [-0.25, -0.2) is 0 Å². The first-order valence-electron chi connectivity index (χ1n) is 6.75. The SMILES string of the molecule is CCOC(=O)CC#Cc1ccc(Oc2ccccc2)cc1. The van der Waals surface area contributed by atoms with Crippen molar-refractivity contribution in [3.63, 3.8) is 0 Å². The number of benzene rings is 2. The third kappa shape index (κ3) is 5.04. The van der Waals surface area contributed by atoms with Crippen molar-refractivity contribution in [1.82, 2.24) is 0 Å². The van der Waals surface area contributed by atoms with Crippen molar-refractivity contribution in [2.24, 2.45) is 0 Å². The van der Waals surface area contributed by atoms with Crippen LogP contribution in [0.1, 0.15) is 18.9 Å². The van der Waals surface area contributed by atoms with E-state index in [1.165, 1.54) is 0 Å². The molecule has 0 saturated carbocycles. The Kier molecular flexibility index (Phi) is 5.42. The predicted octanol–water partition coefficient (Wildman–Crippen LogP) is 3.78. The molecule has 0 N–H and O–H groups in total. The lowest BCUT2D eigenvalue weighted by Crippen LogP contribution is -2.01. The normalized spacial score (nSPS) is 9.38. The van der Waals surface area contributed by atoms with Crippen LogP contribution in [-0.4, -0.2) is 12.6 Å². The Balaban J connectivity index is 1.93. The smallest absolute Gasteiger partial charge is 0.317 e. The molecule has 0 bridgehead atoms. The van der Waals surface area contributed by atoms with Crippen molar-refractivity contribution in [3.05, 3.63) is 60.2 Å². The van der Waals surface area contributed by atoms with Gasteiger partial charge in [0.15, 0.2) is 0 Å². The van der Waals surface area contributed by atoms with Crippen LogP contribution in [0.25, 0.3) is 0 Å². The summed E-state index contributed by atoms with van der Waals surface area (Å²) in [6.07, 6.45) is 0.107. The molecule has 2 aromatic rings. The van der Waals surface area contributed by atoms with Crippen LogP contribution in [-0.2, 0) is 9.53 Å². The van der Waals surface area contributed by atoms with Gasteiger partial charge in [0.1, 0.15) is 17.9 Å². The highest BCUT2D eigenvalue weighted by Gasteiger charge is 1.97. The topological polar surface area (TPSA) is 35.5 Å². The van der Waals surface area contributed by atoms with Crippen molar-refractivity contribution in [1.29, 1.82) is 0 Å². The Morgan fingerprint density at radius 3 is 2.33 bits per heavy atom. The van der Waals surface area contributed by atoms with Crippen LogP contribution < -0.4 is 4.74 Å². The van der Waals surface area contributed by atoms with Gasteiger partial charge in [-0.1, -0.05) is 30.0 Å². The fourth-order valence-electron chi connectivity index (χ4n) is 1.66. The molecule has 0 spiro atoms. The fraction of sp³-hybridized carbons (Fsp3) is 0.167. The Labute approximate surface area is 124 Å². The summed E-state index contributed by atoms with van der Waals surface area (Å²) in [6.45, 7) is 2.16. The number of rotatable bonds is 4. The van der Waals surface area contributed by atoms with E-state index in [2.05, 4.69) is 11.8 Å². The maximum atomic E-state index is 11.1. The van der Waals surface area contributed by atoms with E-state index < -0.39 is 0 Å². The van der Waals surface area contributed by atoms with Gasteiger partial charge < -0.3 is 9.47 Å². The molecule has 0 amide bonds. The first-order chi connectivity index (χ1) is 10.3. The van der Waals surface area contributed by atoms with Crippen molar-refractivity contribution in [2.75, 3.05) is 6.61 Å². The van der Waals surface area contributed by atoms with E-state index in [0.717, 1.165) is 17.1 Å². The monoisotopic (exact) mass is 280 g/mol. The lowest BCUT2D eigenvalue weighted by atomic mass is 10.2. The second kappa shape index (κ2) is 7.76. The van der Waals surface area contributed by atoms with Gasteiger partial charge in [-0.05, 0) is 43.3 Å². The molecule has 0 atom stereocenters. The molecule has 0 unspecified atom stereocenters. The molecular weight excluding hydrogens is 264 g/mol. The van der Waals surface area contributed by atoms with Crippen molar-refractivity contribution in [3.8, 4) is 23.3 Å². The van der Waals surface area contributed by atoms with E-state index in [4.69, 9.17) is 9.47 Å². The highest BCUT2D eigenvalue weighted by Crippen LogP contribution is 2.20. The molecule has 0 radical (unpaired) electrons. The molecule has 3 nitrogen and oxygen atoms in total. The van der Waals surface area contributed by atoms with E-state index in [9.17, 15) is 4.79 Å². The first kappa shape index (κ1) is 14.7. The van der Waals surface area contributed by atoms with Crippen LogP contribution in [0.2, 0.25) is 0 Å². The lowest BCUT2D eigenvalue weighted by Gasteiger charge is -2.04. The van der Waals surface area contributed by atoms with Gasteiger partial charge in [-0.3, -0.25) is 4.79 Å². The molecular formula is C18H16O3. The highest BCUT2D eigenvalue weighted by molar-refractivity contribution is 5.72. The van der Waals surface area contributed by atoms with Gasteiger partial charge in [-0.2, -0.15) is 0 Å². The van der Waals surface area contributed by atoms with Gasteiger partial charge in [0.25, 0.3) is 0 Å². The van der Waals surface area contributed by atoms with E-state index in [-0.39, 0.29) is 12.4 Å². The quantitative estimate of drug-likeness (QED) is 0.631. The van der Waals surface area contributed by atoms with Crippen LogP contribution in [0.3, 0.4) is 0 Å². The van der Waals surface area contributed by atoms with E-state index in [0.29, 0.717) is 6.61 Å². The summed E-state index contributed by atoms with van der Waals surface area (Å²) in [5, 5.41) is 0. The number of para-hydroxylation sites is 1. The third-order valence-electron chi connectivity index (χ3n) is 2.60. The first-order valence-corrected chi connectivity index (χ1v) is 6.75. The molecule has 0 heterocycles. The van der Waals surface area contributed by atoms with E-state index >= 15 is 0 Å². The summed E-state index contributed by atoms with van der Waals surface area (Å²) in [5.41, 5.74) is 0.833. The van der Waals surface area contributed by atoms with Gasteiger partial charge >= 0.3 is 5.97 Å². The van der Waals surface area contributed by atoms with Crippen LogP contribution in [0.5, 0.6) is 11.5 Å². The molecule has 0 aromatic heterocycles. The zero-order chi connectivity index (χ0) is 14.9. The van der Waals surface area contributed by atoms with Gasteiger partial charge in [-0.15, -0.1) is 0 Å². The summed E-state index contributed by atoms with van der Waals surface area (Å²) >= 11 is 0. The molecule has 0 aliphatic heterocycles. The highest BCUT2D eigenvalue weighted by atomic mass is 16.5. The molecule has 2 rings (SSSR count). The maximum absolute atomic E-state index is 11.1. The number of esters is 1. The third-order valence-corrected chi connectivity index (χ3v) is 2.60. The Morgan fingerprint density at radius 2 is 1.67 bits per heavy atom. The van der Waals surface area contributed by atoms with Crippen LogP contribution in [0.4, 0.5) is 0 Å². The van der Waals surface area contributed by atoms with Crippen molar-refractivity contribution >= 4 is 5.97 Å². The van der Waals surface area contributed by atoms with E-state index in [1.807, 2.05) is 54.6 Å². The number of carbonyl (C=O) groups is 1. The summed E-state index contributed by atoms with van der Waals surface area (Å²) in [7, 11) is 0. The van der Waals surface area contributed by atoms with Gasteiger partial charge in [0.05, 0.1) is 6.61 Å². The molecule has 0 aliphatic rings. The average Bonchev–Trinajstić information content (AvgIpc) is 2.50. The summed E-state index contributed by atoms with van der Waals surface area (Å²) in [5.74, 6) is 6.95. The van der Waals surface area contributed by atoms with Crippen LogP contribution >= 0.6 is 0 Å². The minimum atomic E-state index is -0.297. The van der Waals surface area contributed by atoms with Crippen LogP contribution in [0.15, 0.2) is 54.6 Å². The number of hydrogen-bond donors (Lipinski definition) is 0. The molecule has 3 heteroatoms. The van der Waals surface area contributed by atoms with Crippen molar-refractivity contribution < 1.29 is 14.3 Å². The summed E-state index contributed by atoms with van der Waals surface area (Å²) in [6, 6.07) is 17.0. The largest absolute Gasteiger partial charge is 0.465 e. The Morgan fingerprint density at radius 1 is 1.00 bits per heavy atom. The molecule has 0 saturated heterocycles. The second-order valence-corrected chi connectivity index (χ2v) is 4.22. The van der Waals surface area contributed by atoms with Gasteiger partial charge in [0, 0.05) is 5.56 Å². The average molecular weight is 280 g/mol. The predicted molar refractivity (Wildman–Crippen MR) is 81.1 cm³/mol. The number of carbonyl (C=O) groups excluding carboxylic acids is 1. The van der Waals surface area contributed by atoms with Crippen LogP contribution in [0, 0.1) is 11.8 Å². The molecule has 0 aliphatic carbocycles. The Bertz CT molecular complexity index is 634. The summed E-state index contributed by atoms with van der Waals surface area (Å²) in [4.78, 5) is 11.1. The lowest BCUT2D eigenvalue weighted by molar-refractivity contribution is -0.141. The zero-order valence-corrected chi connectivity index (χ0v) is 11.8. The van der Waals surface area contributed by atoms with Gasteiger partial charge in [0.2, 0.25) is 0 Å². The molecule has 21 heavy (non-hydrogen) atoms. The number of ether oxygens (including phenoxy) is 2.